The second kappa shape index (κ2) is 11.1. The summed E-state index contributed by atoms with van der Waals surface area (Å²) in [6, 6.07) is 14.8. The molecule has 0 spiro atoms. The van der Waals surface area contributed by atoms with Crippen LogP contribution in [-0.4, -0.2) is 26.6 Å². The Morgan fingerprint density at radius 1 is 1.04 bits per heavy atom. The van der Waals surface area contributed by atoms with Gasteiger partial charge in [0.2, 0.25) is 10.0 Å². The van der Waals surface area contributed by atoms with E-state index in [2.05, 4.69) is 22.2 Å². The van der Waals surface area contributed by atoms with Crippen molar-refractivity contribution in [3.63, 3.8) is 0 Å². The van der Waals surface area contributed by atoms with Gasteiger partial charge in [-0.1, -0.05) is 55.3 Å². The first-order valence-corrected chi connectivity index (χ1v) is 11.6. The molecule has 0 saturated heterocycles. The predicted molar refractivity (Wildman–Crippen MR) is 115 cm³/mol. The van der Waals surface area contributed by atoms with Crippen LogP contribution in [0, 0.1) is 0 Å². The van der Waals surface area contributed by atoms with E-state index in [0.29, 0.717) is 18.0 Å². The lowest BCUT2D eigenvalue weighted by molar-refractivity contribution is 0.0954. The molecule has 0 radical (unpaired) electrons. The van der Waals surface area contributed by atoms with Crippen LogP contribution in [0.1, 0.15) is 48.5 Å². The average Bonchev–Trinajstić information content (AvgIpc) is 2.68. The lowest BCUT2D eigenvalue weighted by Crippen LogP contribution is -2.26. The van der Waals surface area contributed by atoms with Crippen LogP contribution in [0.4, 0.5) is 5.69 Å². The number of halogens is 1. The summed E-state index contributed by atoms with van der Waals surface area (Å²) in [5, 5.41) is 3.23. The van der Waals surface area contributed by atoms with Crippen molar-refractivity contribution in [3.8, 4) is 0 Å². The molecule has 28 heavy (non-hydrogen) atoms. The van der Waals surface area contributed by atoms with Crippen molar-refractivity contribution >= 4 is 33.2 Å². The van der Waals surface area contributed by atoms with Gasteiger partial charge in [-0.3, -0.25) is 9.52 Å². The zero-order chi connectivity index (χ0) is 20.4. The van der Waals surface area contributed by atoms with Crippen LogP contribution in [0.25, 0.3) is 0 Å². The summed E-state index contributed by atoms with van der Waals surface area (Å²) in [7, 11) is -3.50. The highest BCUT2D eigenvalue weighted by atomic mass is 35.5. The van der Waals surface area contributed by atoms with Gasteiger partial charge in [-0.05, 0) is 49.4 Å². The smallest absolute Gasteiger partial charge is 0.253 e. The molecule has 0 bridgehead atoms. The van der Waals surface area contributed by atoms with E-state index < -0.39 is 10.0 Å². The van der Waals surface area contributed by atoms with E-state index in [0.717, 1.165) is 25.7 Å². The van der Waals surface area contributed by atoms with E-state index in [1.807, 2.05) is 25.1 Å². The third-order valence-electron chi connectivity index (χ3n) is 4.28. The summed E-state index contributed by atoms with van der Waals surface area (Å²) in [4.78, 5) is 12.5. The summed E-state index contributed by atoms with van der Waals surface area (Å²) in [6.45, 7) is 2.44. The number of nitrogens with one attached hydrogen (secondary N) is 2. The SMILES string of the molecule is CCCCS(=O)(=O)Nc1ccc(Cl)cc1C(=O)NCCCCc1ccccc1. The fourth-order valence-electron chi connectivity index (χ4n) is 2.74. The number of hydrogen-bond donors (Lipinski definition) is 2. The average molecular weight is 423 g/mol. The van der Waals surface area contributed by atoms with Crippen molar-refractivity contribution in [3.05, 3.63) is 64.7 Å². The molecule has 2 rings (SSSR count). The molecule has 0 aromatic heterocycles. The van der Waals surface area contributed by atoms with Crippen molar-refractivity contribution in [2.24, 2.45) is 0 Å². The minimum Gasteiger partial charge on any atom is -0.352 e. The Morgan fingerprint density at radius 3 is 2.50 bits per heavy atom. The quantitative estimate of drug-likeness (QED) is 0.518. The number of hydrogen-bond acceptors (Lipinski definition) is 3. The number of benzene rings is 2. The fourth-order valence-corrected chi connectivity index (χ4v) is 4.20. The van der Waals surface area contributed by atoms with Gasteiger partial charge in [0.25, 0.3) is 5.91 Å². The van der Waals surface area contributed by atoms with Crippen molar-refractivity contribution in [2.45, 2.75) is 39.0 Å². The number of carbonyl (C=O) groups excluding carboxylic acids is 1. The van der Waals surface area contributed by atoms with E-state index in [1.165, 1.54) is 17.7 Å². The van der Waals surface area contributed by atoms with Crippen LogP contribution in [0.5, 0.6) is 0 Å². The van der Waals surface area contributed by atoms with Crippen LogP contribution >= 0.6 is 11.6 Å². The third kappa shape index (κ3) is 7.52. The molecule has 2 N–H and O–H groups in total. The van der Waals surface area contributed by atoms with Crippen LogP contribution in [-0.2, 0) is 16.4 Å². The van der Waals surface area contributed by atoms with Crippen LogP contribution in [0.3, 0.4) is 0 Å². The van der Waals surface area contributed by atoms with E-state index in [-0.39, 0.29) is 22.9 Å². The molecule has 2 aromatic carbocycles. The van der Waals surface area contributed by atoms with Crippen molar-refractivity contribution < 1.29 is 13.2 Å². The second-order valence-electron chi connectivity index (χ2n) is 6.66. The van der Waals surface area contributed by atoms with Crippen LogP contribution in [0.15, 0.2) is 48.5 Å². The van der Waals surface area contributed by atoms with Gasteiger partial charge in [0.05, 0.1) is 17.0 Å². The molecule has 5 nitrogen and oxygen atoms in total. The maximum atomic E-state index is 12.5. The molecule has 0 atom stereocenters. The predicted octanol–water partition coefficient (Wildman–Crippen LogP) is 4.63. The monoisotopic (exact) mass is 422 g/mol. The number of anilines is 1. The molecule has 0 unspecified atom stereocenters. The second-order valence-corrected chi connectivity index (χ2v) is 8.94. The number of amides is 1. The number of rotatable bonds is 11. The number of unbranched alkanes of at least 4 members (excludes halogenated alkanes) is 2. The normalized spacial score (nSPS) is 11.2. The molecule has 0 aliphatic rings. The van der Waals surface area contributed by atoms with Crippen LogP contribution < -0.4 is 10.0 Å². The Balaban J connectivity index is 1.91. The highest BCUT2D eigenvalue weighted by Gasteiger charge is 2.17. The highest BCUT2D eigenvalue weighted by Crippen LogP contribution is 2.22. The van der Waals surface area contributed by atoms with E-state index >= 15 is 0 Å². The first-order valence-electron chi connectivity index (χ1n) is 9.53. The summed E-state index contributed by atoms with van der Waals surface area (Å²) in [5.41, 5.74) is 1.75. The van der Waals surface area contributed by atoms with Gasteiger partial charge in [-0.15, -0.1) is 0 Å². The van der Waals surface area contributed by atoms with Gasteiger partial charge in [-0.2, -0.15) is 0 Å². The zero-order valence-electron chi connectivity index (χ0n) is 16.1. The summed E-state index contributed by atoms with van der Waals surface area (Å²) >= 11 is 6.01. The van der Waals surface area contributed by atoms with E-state index in [4.69, 9.17) is 11.6 Å². The third-order valence-corrected chi connectivity index (χ3v) is 5.87. The molecule has 152 valence electrons. The van der Waals surface area contributed by atoms with Gasteiger partial charge >= 0.3 is 0 Å². The Hall–Kier alpha value is -2.05. The van der Waals surface area contributed by atoms with Gasteiger partial charge < -0.3 is 5.32 Å². The molecule has 7 heteroatoms. The number of aryl methyl sites for hydroxylation is 1. The van der Waals surface area contributed by atoms with Gasteiger partial charge in [0.15, 0.2) is 0 Å². The highest BCUT2D eigenvalue weighted by molar-refractivity contribution is 7.92. The summed E-state index contributed by atoms with van der Waals surface area (Å²) in [6.07, 6.45) is 4.08. The molecular weight excluding hydrogens is 396 g/mol. The first-order chi connectivity index (χ1) is 13.4. The molecule has 0 aliphatic carbocycles. The van der Waals surface area contributed by atoms with Gasteiger partial charge in [0, 0.05) is 11.6 Å². The fraction of sp³-hybridized carbons (Fsp3) is 0.381. The minimum atomic E-state index is -3.50. The molecular formula is C21H27ClN2O3S. The molecule has 0 aliphatic heterocycles. The van der Waals surface area contributed by atoms with Crippen molar-refractivity contribution in [1.82, 2.24) is 5.32 Å². The standard InChI is InChI=1S/C21H27ClN2O3S/c1-2-3-15-28(26,27)24-20-13-12-18(22)16-19(20)21(25)23-14-8-7-11-17-9-5-4-6-10-17/h4-6,9-10,12-13,16,24H,2-3,7-8,11,14-15H2,1H3,(H,23,25). The number of sulfonamides is 1. The van der Waals surface area contributed by atoms with Crippen molar-refractivity contribution in [1.29, 1.82) is 0 Å². The van der Waals surface area contributed by atoms with Gasteiger partial charge in [0.1, 0.15) is 0 Å². The summed E-state index contributed by atoms with van der Waals surface area (Å²) in [5.74, 6) is -0.317. The van der Waals surface area contributed by atoms with E-state index in [9.17, 15) is 13.2 Å². The van der Waals surface area contributed by atoms with Gasteiger partial charge in [-0.25, -0.2) is 8.42 Å². The molecule has 2 aromatic rings. The largest absolute Gasteiger partial charge is 0.352 e. The molecule has 0 fully saturated rings. The topological polar surface area (TPSA) is 75.3 Å². The first kappa shape index (κ1) is 22.2. The maximum absolute atomic E-state index is 12.5. The van der Waals surface area contributed by atoms with Crippen molar-refractivity contribution in [2.75, 3.05) is 17.0 Å². The Labute approximate surface area is 172 Å². The van der Waals surface area contributed by atoms with Crippen LogP contribution in [0.2, 0.25) is 5.02 Å². The Bertz CT molecular complexity index is 870. The van der Waals surface area contributed by atoms with E-state index in [1.54, 1.807) is 6.07 Å². The molecule has 1 amide bonds. The Morgan fingerprint density at radius 2 is 1.79 bits per heavy atom. The number of carbonyl (C=O) groups is 1. The molecule has 0 heterocycles. The minimum absolute atomic E-state index is 0.0205. The lowest BCUT2D eigenvalue weighted by atomic mass is 10.1. The summed E-state index contributed by atoms with van der Waals surface area (Å²) < 4.78 is 26.9. The molecule has 0 saturated carbocycles. The zero-order valence-corrected chi connectivity index (χ0v) is 17.7. The lowest BCUT2D eigenvalue weighted by Gasteiger charge is -2.13. The Kier molecular flexibility index (Phi) is 8.80. The maximum Gasteiger partial charge on any atom is 0.253 e.